The zero-order valence-electron chi connectivity index (χ0n) is 13.5. The summed E-state index contributed by atoms with van der Waals surface area (Å²) in [7, 11) is 0. The van der Waals surface area contributed by atoms with Crippen LogP contribution in [0.1, 0.15) is 24.0 Å². The Hall–Kier alpha value is -1.28. The minimum atomic E-state index is -0.156. The Kier molecular flexibility index (Phi) is 5.11. The van der Waals surface area contributed by atoms with Crippen LogP contribution < -0.4 is 5.32 Å². The van der Waals surface area contributed by atoms with Gasteiger partial charge in [0.25, 0.3) is 0 Å². The van der Waals surface area contributed by atoms with Crippen molar-refractivity contribution in [1.29, 1.82) is 0 Å². The molecule has 23 heavy (non-hydrogen) atoms. The van der Waals surface area contributed by atoms with Gasteiger partial charge in [-0.1, -0.05) is 23.5 Å². The van der Waals surface area contributed by atoms with E-state index in [1.807, 2.05) is 10.7 Å². The second-order valence-corrected chi connectivity index (χ2v) is 7.66. The molecule has 1 fully saturated rings. The van der Waals surface area contributed by atoms with Crippen LogP contribution in [-0.4, -0.2) is 39.0 Å². The van der Waals surface area contributed by atoms with Gasteiger partial charge in [0.2, 0.25) is 5.13 Å². The van der Waals surface area contributed by atoms with E-state index in [0.717, 1.165) is 40.7 Å². The number of aliphatic hydroxyl groups is 1. The fourth-order valence-electron chi connectivity index (χ4n) is 2.70. The second kappa shape index (κ2) is 7.09. The number of aromatic nitrogens is 2. The van der Waals surface area contributed by atoms with Crippen LogP contribution in [0.3, 0.4) is 0 Å². The Morgan fingerprint density at radius 1 is 1.35 bits per heavy atom. The Bertz CT molecular complexity index is 732. The van der Waals surface area contributed by atoms with Crippen molar-refractivity contribution in [2.45, 2.75) is 39.5 Å². The van der Waals surface area contributed by atoms with Gasteiger partial charge in [0.1, 0.15) is 0 Å². The van der Waals surface area contributed by atoms with Gasteiger partial charge in [0, 0.05) is 18.8 Å². The van der Waals surface area contributed by atoms with Gasteiger partial charge in [-0.2, -0.15) is 0 Å². The summed E-state index contributed by atoms with van der Waals surface area (Å²) in [6.07, 6.45) is 1.49. The van der Waals surface area contributed by atoms with Gasteiger partial charge in [0.05, 0.1) is 12.8 Å². The molecule has 7 heteroatoms. The average Bonchev–Trinajstić information content (AvgIpc) is 2.86. The van der Waals surface area contributed by atoms with Crippen LogP contribution in [-0.2, 0) is 6.67 Å². The van der Waals surface area contributed by atoms with Crippen molar-refractivity contribution >= 4 is 34.4 Å². The molecule has 1 aliphatic heterocycles. The van der Waals surface area contributed by atoms with E-state index >= 15 is 0 Å². The van der Waals surface area contributed by atoms with Gasteiger partial charge in [-0.3, -0.25) is 4.90 Å². The van der Waals surface area contributed by atoms with Gasteiger partial charge >= 0.3 is 0 Å². The van der Waals surface area contributed by atoms with E-state index in [-0.39, 0.29) is 6.10 Å². The lowest BCUT2D eigenvalue weighted by Gasteiger charge is -2.28. The molecule has 0 aliphatic carbocycles. The monoisotopic (exact) mass is 350 g/mol. The maximum atomic E-state index is 9.59. The van der Waals surface area contributed by atoms with Gasteiger partial charge in [-0.15, -0.1) is 5.10 Å². The smallest absolute Gasteiger partial charge is 0.209 e. The van der Waals surface area contributed by atoms with Gasteiger partial charge < -0.3 is 10.4 Å². The Morgan fingerprint density at radius 3 is 2.83 bits per heavy atom. The molecule has 0 unspecified atom stereocenters. The summed E-state index contributed by atoms with van der Waals surface area (Å²) < 4.78 is 2.63. The summed E-state index contributed by atoms with van der Waals surface area (Å²) in [4.78, 5) is 2.28. The summed E-state index contributed by atoms with van der Waals surface area (Å²) in [5, 5.41) is 18.4. The molecule has 1 aromatic carbocycles. The van der Waals surface area contributed by atoms with E-state index in [2.05, 4.69) is 41.3 Å². The first-order valence-corrected chi connectivity index (χ1v) is 9.07. The highest BCUT2D eigenvalue weighted by Gasteiger charge is 2.18. The van der Waals surface area contributed by atoms with Crippen LogP contribution in [0.25, 0.3) is 0 Å². The average molecular weight is 351 g/mol. The van der Waals surface area contributed by atoms with E-state index in [1.54, 1.807) is 0 Å². The quantitative estimate of drug-likeness (QED) is 0.827. The first-order chi connectivity index (χ1) is 11.0. The highest BCUT2D eigenvalue weighted by molar-refractivity contribution is 7.73. The van der Waals surface area contributed by atoms with E-state index in [1.165, 1.54) is 22.5 Å². The minimum Gasteiger partial charge on any atom is -0.393 e. The van der Waals surface area contributed by atoms with Crippen molar-refractivity contribution in [3.05, 3.63) is 33.3 Å². The Morgan fingerprint density at radius 2 is 2.09 bits per heavy atom. The number of piperidine rings is 1. The fraction of sp³-hybridized carbons (Fsp3) is 0.500. The number of nitrogens with zero attached hydrogens (tertiary/aromatic N) is 3. The van der Waals surface area contributed by atoms with Crippen LogP contribution in [0.5, 0.6) is 0 Å². The van der Waals surface area contributed by atoms with Crippen molar-refractivity contribution in [1.82, 2.24) is 14.7 Å². The van der Waals surface area contributed by atoms with E-state index < -0.39 is 0 Å². The summed E-state index contributed by atoms with van der Waals surface area (Å²) in [6, 6.07) is 6.20. The molecule has 0 saturated carbocycles. The molecule has 5 nitrogen and oxygen atoms in total. The molecule has 124 valence electrons. The molecule has 1 aromatic heterocycles. The molecule has 1 aliphatic rings. The normalized spacial score (nSPS) is 16.7. The number of aliphatic hydroxyl groups excluding tert-OH is 1. The highest BCUT2D eigenvalue weighted by Crippen LogP contribution is 2.25. The standard InChI is InChI=1S/C16H22N4OS2/c1-11-4-3-5-14(12(11)2)17-15-18-20(16(22)23-15)10-19-8-6-13(21)7-9-19/h3-5,13,21H,6-10H2,1-2H3,(H,17,18). The lowest BCUT2D eigenvalue weighted by molar-refractivity contribution is 0.0653. The second-order valence-electron chi connectivity index (χ2n) is 6.04. The van der Waals surface area contributed by atoms with Crippen molar-refractivity contribution in [3.63, 3.8) is 0 Å². The van der Waals surface area contributed by atoms with Crippen LogP contribution >= 0.6 is 23.6 Å². The van der Waals surface area contributed by atoms with Crippen LogP contribution in [0, 0.1) is 17.8 Å². The Balaban J connectivity index is 1.71. The molecule has 2 aromatic rings. The summed E-state index contributed by atoms with van der Waals surface area (Å²) in [5.74, 6) is 0. The zero-order chi connectivity index (χ0) is 16.4. The third-order valence-electron chi connectivity index (χ3n) is 4.34. The van der Waals surface area contributed by atoms with Crippen LogP contribution in [0.4, 0.5) is 10.8 Å². The van der Waals surface area contributed by atoms with Crippen molar-refractivity contribution in [2.75, 3.05) is 18.4 Å². The Labute approximate surface area is 145 Å². The third kappa shape index (κ3) is 3.98. The minimum absolute atomic E-state index is 0.156. The first-order valence-electron chi connectivity index (χ1n) is 7.84. The maximum Gasteiger partial charge on any atom is 0.209 e. The van der Waals surface area contributed by atoms with Gasteiger partial charge in [0.15, 0.2) is 3.95 Å². The molecule has 0 spiro atoms. The molecule has 0 radical (unpaired) electrons. The number of hydrogen-bond acceptors (Lipinski definition) is 6. The molecule has 1 saturated heterocycles. The predicted octanol–water partition coefficient (Wildman–Crippen LogP) is 3.45. The molecule has 3 rings (SSSR count). The molecule has 0 bridgehead atoms. The fourth-order valence-corrected chi connectivity index (χ4v) is 3.70. The largest absolute Gasteiger partial charge is 0.393 e. The van der Waals surface area contributed by atoms with E-state index in [9.17, 15) is 5.11 Å². The summed E-state index contributed by atoms with van der Waals surface area (Å²) in [6.45, 7) is 6.68. The topological polar surface area (TPSA) is 53.3 Å². The summed E-state index contributed by atoms with van der Waals surface area (Å²) >= 11 is 6.93. The highest BCUT2D eigenvalue weighted by atomic mass is 32.1. The lowest BCUT2D eigenvalue weighted by Crippen LogP contribution is -2.37. The number of benzene rings is 1. The molecular weight excluding hydrogens is 328 g/mol. The first kappa shape index (κ1) is 16.6. The third-order valence-corrected chi connectivity index (χ3v) is 5.57. The number of hydrogen-bond donors (Lipinski definition) is 2. The molecular formula is C16H22N4OS2. The number of likely N-dealkylation sites (tertiary alicyclic amines) is 1. The van der Waals surface area contributed by atoms with Gasteiger partial charge in [-0.05, 0) is 56.1 Å². The number of rotatable bonds is 4. The molecule has 0 atom stereocenters. The number of nitrogens with one attached hydrogen (secondary N) is 1. The molecule has 2 heterocycles. The van der Waals surface area contributed by atoms with Gasteiger partial charge in [-0.25, -0.2) is 4.68 Å². The van der Waals surface area contributed by atoms with Crippen LogP contribution in [0.15, 0.2) is 18.2 Å². The molecule has 0 amide bonds. The lowest BCUT2D eigenvalue weighted by atomic mass is 10.1. The van der Waals surface area contributed by atoms with Crippen molar-refractivity contribution in [2.24, 2.45) is 0 Å². The summed E-state index contributed by atoms with van der Waals surface area (Å²) in [5.41, 5.74) is 3.55. The van der Waals surface area contributed by atoms with E-state index in [0.29, 0.717) is 6.67 Å². The zero-order valence-corrected chi connectivity index (χ0v) is 15.1. The number of aryl methyl sites for hydroxylation is 1. The molecule has 2 N–H and O–H groups in total. The van der Waals surface area contributed by atoms with E-state index in [4.69, 9.17) is 12.2 Å². The van der Waals surface area contributed by atoms with Crippen molar-refractivity contribution in [3.8, 4) is 0 Å². The van der Waals surface area contributed by atoms with Crippen molar-refractivity contribution < 1.29 is 5.11 Å². The predicted molar refractivity (Wildman–Crippen MR) is 97.0 cm³/mol. The van der Waals surface area contributed by atoms with Crippen LogP contribution in [0.2, 0.25) is 0 Å². The SMILES string of the molecule is Cc1cccc(Nc2nn(CN3CCC(O)CC3)c(=S)s2)c1C. The maximum absolute atomic E-state index is 9.59. The number of anilines is 2.